The maximum atomic E-state index is 12.3. The van der Waals surface area contributed by atoms with Crippen LogP contribution in [0.15, 0.2) is 28.7 Å². The normalized spacial score (nSPS) is 21.4. The van der Waals surface area contributed by atoms with Gasteiger partial charge in [0.2, 0.25) is 0 Å². The maximum Gasteiger partial charge on any atom is 0.252 e. The van der Waals surface area contributed by atoms with E-state index >= 15 is 0 Å². The Labute approximate surface area is 129 Å². The number of ether oxygens (including phenoxy) is 1. The summed E-state index contributed by atoms with van der Waals surface area (Å²) in [6, 6.07) is 7.72. The van der Waals surface area contributed by atoms with Crippen LogP contribution < -0.4 is 5.32 Å². The van der Waals surface area contributed by atoms with Gasteiger partial charge in [-0.1, -0.05) is 26.0 Å². The van der Waals surface area contributed by atoms with Crippen molar-refractivity contribution in [1.29, 1.82) is 0 Å². The molecule has 0 radical (unpaired) electrons. The summed E-state index contributed by atoms with van der Waals surface area (Å²) < 4.78 is 6.78. The fourth-order valence-corrected chi connectivity index (χ4v) is 3.27. The third-order valence-corrected chi connectivity index (χ3v) is 4.93. The zero-order valence-corrected chi connectivity index (χ0v) is 13.7. The van der Waals surface area contributed by atoms with Crippen molar-refractivity contribution in [3.8, 4) is 0 Å². The lowest BCUT2D eigenvalue weighted by Gasteiger charge is -2.40. The molecule has 1 aliphatic rings. The van der Waals surface area contributed by atoms with Crippen LogP contribution in [-0.4, -0.2) is 24.2 Å². The van der Waals surface area contributed by atoms with Crippen LogP contribution >= 0.6 is 15.9 Å². The van der Waals surface area contributed by atoms with Crippen molar-refractivity contribution in [2.75, 3.05) is 6.61 Å². The highest BCUT2D eigenvalue weighted by Crippen LogP contribution is 2.31. The van der Waals surface area contributed by atoms with Gasteiger partial charge in [-0.05, 0) is 53.7 Å². The van der Waals surface area contributed by atoms with Gasteiger partial charge in [0, 0.05) is 17.1 Å². The number of hydrogen-bond acceptors (Lipinski definition) is 2. The van der Waals surface area contributed by atoms with Crippen molar-refractivity contribution in [3.05, 3.63) is 34.3 Å². The number of nitrogens with one attached hydrogen (secondary N) is 1. The van der Waals surface area contributed by atoms with Crippen molar-refractivity contribution in [2.24, 2.45) is 0 Å². The molecule has 1 aromatic rings. The molecular formula is C16H22BrNO2. The van der Waals surface area contributed by atoms with Crippen molar-refractivity contribution < 1.29 is 9.53 Å². The molecule has 0 bridgehead atoms. The molecule has 0 aliphatic carbocycles. The minimum Gasteiger partial charge on any atom is -0.375 e. The summed E-state index contributed by atoms with van der Waals surface area (Å²) in [5.41, 5.74) is 0.627. The molecule has 20 heavy (non-hydrogen) atoms. The summed E-state index contributed by atoms with van der Waals surface area (Å²) in [5.74, 6) is -0.00881. The molecule has 3 nitrogen and oxygen atoms in total. The summed E-state index contributed by atoms with van der Waals surface area (Å²) >= 11 is 3.43. The molecule has 1 saturated heterocycles. The highest BCUT2D eigenvalue weighted by atomic mass is 79.9. The number of carbonyl (C=O) groups is 1. The van der Waals surface area contributed by atoms with E-state index in [1.165, 1.54) is 0 Å². The van der Waals surface area contributed by atoms with Gasteiger partial charge in [0.05, 0.1) is 11.2 Å². The fraction of sp³-hybridized carbons (Fsp3) is 0.562. The van der Waals surface area contributed by atoms with Crippen molar-refractivity contribution in [3.63, 3.8) is 0 Å². The number of benzene rings is 1. The lowest BCUT2D eigenvalue weighted by molar-refractivity contribution is -0.0917. The molecule has 2 rings (SSSR count). The first kappa shape index (κ1) is 15.5. The van der Waals surface area contributed by atoms with Crippen LogP contribution in [0, 0.1) is 0 Å². The summed E-state index contributed by atoms with van der Waals surface area (Å²) in [6.45, 7) is 5.03. The molecule has 4 heteroatoms. The third kappa shape index (κ3) is 3.41. The van der Waals surface area contributed by atoms with E-state index < -0.39 is 0 Å². The molecule has 1 atom stereocenters. The van der Waals surface area contributed by atoms with Gasteiger partial charge in [0.1, 0.15) is 0 Å². The standard InChI is InChI=1S/C16H22BrNO2/c1-3-16(4-2)11-12(9-10-20-16)18-15(19)13-7-5-6-8-14(13)17/h5-8,12H,3-4,9-11H2,1-2H3,(H,18,19). The van der Waals surface area contributed by atoms with E-state index in [9.17, 15) is 4.79 Å². The van der Waals surface area contributed by atoms with Gasteiger partial charge in [0.15, 0.2) is 0 Å². The highest BCUT2D eigenvalue weighted by Gasteiger charge is 2.35. The number of hydrogen-bond donors (Lipinski definition) is 1. The number of rotatable bonds is 4. The van der Waals surface area contributed by atoms with E-state index in [4.69, 9.17) is 4.74 Å². The molecule has 1 unspecified atom stereocenters. The minimum absolute atomic E-state index is 0.00881. The first-order valence-corrected chi connectivity index (χ1v) is 8.09. The van der Waals surface area contributed by atoms with Crippen molar-refractivity contribution in [2.45, 2.75) is 51.2 Å². The van der Waals surface area contributed by atoms with Crippen LogP contribution in [0.25, 0.3) is 0 Å². The van der Waals surface area contributed by atoms with Crippen molar-refractivity contribution >= 4 is 21.8 Å². The second-order valence-electron chi connectivity index (χ2n) is 5.38. The SMILES string of the molecule is CCC1(CC)CC(NC(=O)c2ccccc2Br)CCO1. The molecule has 0 aromatic heterocycles. The van der Waals surface area contributed by atoms with Crippen LogP contribution in [0.1, 0.15) is 49.9 Å². The zero-order valence-electron chi connectivity index (χ0n) is 12.1. The molecule has 1 heterocycles. The van der Waals surface area contributed by atoms with Gasteiger partial charge in [-0.25, -0.2) is 0 Å². The number of amides is 1. The molecular weight excluding hydrogens is 318 g/mol. The van der Waals surface area contributed by atoms with E-state index in [0.29, 0.717) is 5.56 Å². The van der Waals surface area contributed by atoms with Crippen LogP contribution in [0.2, 0.25) is 0 Å². The summed E-state index contributed by atoms with van der Waals surface area (Å²) in [6.07, 6.45) is 3.77. The van der Waals surface area contributed by atoms with Gasteiger partial charge in [-0.3, -0.25) is 4.79 Å². The summed E-state index contributed by atoms with van der Waals surface area (Å²) in [7, 11) is 0. The Kier molecular flexibility index (Phi) is 5.22. The van der Waals surface area contributed by atoms with Crippen LogP contribution in [0.5, 0.6) is 0 Å². The van der Waals surface area contributed by atoms with E-state index in [0.717, 1.165) is 36.8 Å². The lowest BCUT2D eigenvalue weighted by Crippen LogP contribution is -2.48. The summed E-state index contributed by atoms with van der Waals surface area (Å²) in [5, 5.41) is 3.15. The van der Waals surface area contributed by atoms with Gasteiger partial charge in [0.25, 0.3) is 5.91 Å². The zero-order chi connectivity index (χ0) is 14.6. The van der Waals surface area contributed by atoms with E-state index in [1.54, 1.807) is 0 Å². The number of halogens is 1. The molecule has 1 N–H and O–H groups in total. The first-order valence-electron chi connectivity index (χ1n) is 7.29. The first-order chi connectivity index (χ1) is 9.60. The average molecular weight is 340 g/mol. The molecule has 1 fully saturated rings. The van der Waals surface area contributed by atoms with Crippen molar-refractivity contribution in [1.82, 2.24) is 5.32 Å². The Hall–Kier alpha value is -0.870. The van der Waals surface area contributed by atoms with Gasteiger partial charge >= 0.3 is 0 Å². The Bertz CT molecular complexity index is 471. The monoisotopic (exact) mass is 339 g/mol. The maximum absolute atomic E-state index is 12.3. The molecule has 110 valence electrons. The average Bonchev–Trinajstić information content (AvgIpc) is 2.47. The third-order valence-electron chi connectivity index (χ3n) is 4.24. The quantitative estimate of drug-likeness (QED) is 0.902. The number of carbonyl (C=O) groups excluding carboxylic acids is 1. The van der Waals surface area contributed by atoms with Crippen LogP contribution in [0.4, 0.5) is 0 Å². The van der Waals surface area contributed by atoms with Gasteiger partial charge in [-0.2, -0.15) is 0 Å². The lowest BCUT2D eigenvalue weighted by atomic mass is 9.86. The van der Waals surface area contributed by atoms with E-state index in [2.05, 4.69) is 35.1 Å². The van der Waals surface area contributed by atoms with Crippen LogP contribution in [0.3, 0.4) is 0 Å². The minimum atomic E-state index is -0.0654. The summed E-state index contributed by atoms with van der Waals surface area (Å²) in [4.78, 5) is 12.3. The van der Waals surface area contributed by atoms with Gasteiger partial charge in [-0.15, -0.1) is 0 Å². The van der Waals surface area contributed by atoms with E-state index in [1.807, 2.05) is 24.3 Å². The van der Waals surface area contributed by atoms with E-state index in [-0.39, 0.29) is 17.6 Å². The van der Waals surface area contributed by atoms with Gasteiger partial charge < -0.3 is 10.1 Å². The smallest absolute Gasteiger partial charge is 0.252 e. The Morgan fingerprint density at radius 3 is 2.75 bits per heavy atom. The largest absolute Gasteiger partial charge is 0.375 e. The highest BCUT2D eigenvalue weighted by molar-refractivity contribution is 9.10. The predicted molar refractivity (Wildman–Crippen MR) is 83.9 cm³/mol. The molecule has 1 aliphatic heterocycles. The predicted octanol–water partition coefficient (Wildman–Crippen LogP) is 3.92. The molecule has 1 amide bonds. The second kappa shape index (κ2) is 6.72. The Balaban J connectivity index is 2.03. The fourth-order valence-electron chi connectivity index (χ4n) is 2.80. The Morgan fingerprint density at radius 2 is 2.10 bits per heavy atom. The topological polar surface area (TPSA) is 38.3 Å². The molecule has 0 spiro atoms. The molecule has 1 aromatic carbocycles. The second-order valence-corrected chi connectivity index (χ2v) is 6.24. The Morgan fingerprint density at radius 1 is 1.40 bits per heavy atom. The van der Waals surface area contributed by atoms with Crippen LogP contribution in [-0.2, 0) is 4.74 Å². The molecule has 0 saturated carbocycles.